The van der Waals surface area contributed by atoms with Crippen molar-refractivity contribution in [3.8, 4) is 5.75 Å². The Morgan fingerprint density at radius 3 is 2.75 bits per heavy atom. The van der Waals surface area contributed by atoms with Crippen molar-refractivity contribution in [2.75, 3.05) is 12.4 Å². The predicted octanol–water partition coefficient (Wildman–Crippen LogP) is 4.00. The van der Waals surface area contributed by atoms with Gasteiger partial charge < -0.3 is 10.1 Å². The van der Waals surface area contributed by atoms with E-state index in [0.717, 1.165) is 11.3 Å². The quantitative estimate of drug-likeness (QED) is 0.863. The van der Waals surface area contributed by atoms with Crippen LogP contribution in [0, 0.1) is 0 Å². The van der Waals surface area contributed by atoms with Crippen LogP contribution in [0.25, 0.3) is 6.08 Å². The molecular weight excluding hydrogens is 274 g/mol. The lowest BCUT2D eigenvalue weighted by Crippen LogP contribution is -2.07. The minimum absolute atomic E-state index is 0.224. The van der Waals surface area contributed by atoms with Crippen molar-refractivity contribution in [3.63, 3.8) is 0 Å². The molecule has 0 unspecified atom stereocenters. The van der Waals surface area contributed by atoms with Crippen LogP contribution < -0.4 is 10.1 Å². The van der Waals surface area contributed by atoms with Gasteiger partial charge in [-0.3, -0.25) is 4.79 Å². The van der Waals surface area contributed by atoms with Crippen LogP contribution in [0.4, 0.5) is 5.69 Å². The van der Waals surface area contributed by atoms with E-state index in [0.29, 0.717) is 10.7 Å². The van der Waals surface area contributed by atoms with Crippen molar-refractivity contribution in [2.45, 2.75) is 0 Å². The van der Waals surface area contributed by atoms with Gasteiger partial charge in [-0.05, 0) is 30.3 Å². The summed E-state index contributed by atoms with van der Waals surface area (Å²) in [5, 5.41) is 3.32. The monoisotopic (exact) mass is 287 g/mol. The van der Waals surface area contributed by atoms with Crippen LogP contribution in [0.2, 0.25) is 5.02 Å². The molecule has 0 aliphatic heterocycles. The Bertz CT molecular complexity index is 638. The maximum absolute atomic E-state index is 11.8. The van der Waals surface area contributed by atoms with Crippen molar-refractivity contribution >= 4 is 29.3 Å². The van der Waals surface area contributed by atoms with Gasteiger partial charge in [-0.1, -0.05) is 35.9 Å². The molecule has 102 valence electrons. The SMILES string of the molecule is COc1ccccc1/C=C/C(=O)Nc1cccc(Cl)c1. The molecule has 0 aromatic heterocycles. The van der Waals surface area contributed by atoms with Crippen LogP contribution in [-0.2, 0) is 4.79 Å². The van der Waals surface area contributed by atoms with Crippen molar-refractivity contribution in [1.82, 2.24) is 0 Å². The summed E-state index contributed by atoms with van der Waals surface area (Å²) in [7, 11) is 1.60. The third-order valence-electron chi connectivity index (χ3n) is 2.65. The molecule has 1 N–H and O–H groups in total. The molecule has 0 aliphatic rings. The summed E-state index contributed by atoms with van der Waals surface area (Å²) in [6.45, 7) is 0. The zero-order valence-electron chi connectivity index (χ0n) is 11.0. The van der Waals surface area contributed by atoms with Crippen molar-refractivity contribution < 1.29 is 9.53 Å². The summed E-state index contributed by atoms with van der Waals surface area (Å²) in [4.78, 5) is 11.8. The first-order chi connectivity index (χ1) is 9.69. The van der Waals surface area contributed by atoms with Crippen LogP contribution >= 0.6 is 11.6 Å². The Kier molecular flexibility index (Phi) is 4.80. The molecule has 0 spiro atoms. The van der Waals surface area contributed by atoms with E-state index in [2.05, 4.69) is 5.32 Å². The highest BCUT2D eigenvalue weighted by Crippen LogP contribution is 2.19. The third-order valence-corrected chi connectivity index (χ3v) is 2.88. The number of benzene rings is 2. The van der Waals surface area contributed by atoms with Crippen LogP contribution in [0.5, 0.6) is 5.75 Å². The van der Waals surface area contributed by atoms with Gasteiger partial charge in [0.1, 0.15) is 5.75 Å². The molecular formula is C16H14ClNO2. The number of hydrogen-bond acceptors (Lipinski definition) is 2. The van der Waals surface area contributed by atoms with Gasteiger partial charge in [-0.15, -0.1) is 0 Å². The van der Waals surface area contributed by atoms with Crippen molar-refractivity contribution in [3.05, 3.63) is 65.2 Å². The molecule has 0 saturated heterocycles. The smallest absolute Gasteiger partial charge is 0.248 e. The van der Waals surface area contributed by atoms with Crippen molar-refractivity contribution in [1.29, 1.82) is 0 Å². The number of amides is 1. The van der Waals surface area contributed by atoms with Gasteiger partial charge in [0.25, 0.3) is 0 Å². The zero-order chi connectivity index (χ0) is 14.4. The van der Waals surface area contributed by atoms with E-state index in [9.17, 15) is 4.79 Å². The minimum Gasteiger partial charge on any atom is -0.496 e. The molecule has 2 aromatic rings. The first-order valence-corrected chi connectivity index (χ1v) is 6.44. The Hall–Kier alpha value is -2.26. The van der Waals surface area contributed by atoms with Crippen LogP contribution in [0.15, 0.2) is 54.6 Å². The fourth-order valence-electron chi connectivity index (χ4n) is 1.72. The fraction of sp³-hybridized carbons (Fsp3) is 0.0625. The first kappa shape index (κ1) is 14.2. The maximum atomic E-state index is 11.8. The number of methoxy groups -OCH3 is 1. The molecule has 0 atom stereocenters. The number of anilines is 1. The Balaban J connectivity index is 2.06. The topological polar surface area (TPSA) is 38.3 Å². The van der Waals surface area contributed by atoms with Gasteiger partial charge in [0.2, 0.25) is 5.91 Å². The molecule has 2 rings (SSSR count). The largest absolute Gasteiger partial charge is 0.496 e. The molecule has 4 heteroatoms. The molecule has 0 fully saturated rings. The van der Waals surface area contributed by atoms with E-state index in [1.807, 2.05) is 24.3 Å². The van der Waals surface area contributed by atoms with E-state index in [1.54, 1.807) is 37.5 Å². The van der Waals surface area contributed by atoms with Gasteiger partial charge >= 0.3 is 0 Å². The molecule has 0 radical (unpaired) electrons. The second-order valence-corrected chi connectivity index (χ2v) is 4.51. The number of ether oxygens (including phenoxy) is 1. The average molecular weight is 288 g/mol. The highest BCUT2D eigenvalue weighted by atomic mass is 35.5. The molecule has 3 nitrogen and oxygen atoms in total. The number of hydrogen-bond donors (Lipinski definition) is 1. The van der Waals surface area contributed by atoms with Crippen molar-refractivity contribution in [2.24, 2.45) is 0 Å². The van der Waals surface area contributed by atoms with Crippen LogP contribution in [-0.4, -0.2) is 13.0 Å². The predicted molar refractivity (Wildman–Crippen MR) is 82.1 cm³/mol. The summed E-state index contributed by atoms with van der Waals surface area (Å²) in [5.41, 5.74) is 1.50. The molecule has 2 aromatic carbocycles. The Morgan fingerprint density at radius 2 is 2.00 bits per heavy atom. The summed E-state index contributed by atoms with van der Waals surface area (Å²) in [6, 6.07) is 14.5. The number of carbonyl (C=O) groups excluding carboxylic acids is 1. The standard InChI is InChI=1S/C16H14ClNO2/c1-20-15-8-3-2-5-12(15)9-10-16(19)18-14-7-4-6-13(17)11-14/h2-11H,1H3,(H,18,19)/b10-9+. The molecule has 0 heterocycles. The number of para-hydroxylation sites is 1. The lowest BCUT2D eigenvalue weighted by atomic mass is 10.2. The van der Waals surface area contributed by atoms with E-state index in [-0.39, 0.29) is 5.91 Å². The average Bonchev–Trinajstić information content (AvgIpc) is 2.45. The normalized spacial score (nSPS) is 10.5. The van der Waals surface area contributed by atoms with Gasteiger partial charge in [-0.2, -0.15) is 0 Å². The number of halogens is 1. The van der Waals surface area contributed by atoms with E-state index in [4.69, 9.17) is 16.3 Å². The molecule has 0 saturated carbocycles. The highest BCUT2D eigenvalue weighted by molar-refractivity contribution is 6.30. The lowest BCUT2D eigenvalue weighted by molar-refractivity contribution is -0.111. The lowest BCUT2D eigenvalue weighted by Gasteiger charge is -2.04. The van der Waals surface area contributed by atoms with Gasteiger partial charge in [0.05, 0.1) is 7.11 Å². The van der Waals surface area contributed by atoms with Crippen LogP contribution in [0.3, 0.4) is 0 Å². The van der Waals surface area contributed by atoms with E-state index >= 15 is 0 Å². The molecule has 1 amide bonds. The summed E-state index contributed by atoms with van der Waals surface area (Å²) in [5.74, 6) is 0.498. The number of rotatable bonds is 4. The van der Waals surface area contributed by atoms with Gasteiger partial charge in [0, 0.05) is 22.3 Å². The Morgan fingerprint density at radius 1 is 1.20 bits per heavy atom. The minimum atomic E-state index is -0.224. The van der Waals surface area contributed by atoms with Gasteiger partial charge in [0.15, 0.2) is 0 Å². The maximum Gasteiger partial charge on any atom is 0.248 e. The first-order valence-electron chi connectivity index (χ1n) is 6.06. The van der Waals surface area contributed by atoms with E-state index in [1.165, 1.54) is 6.08 Å². The molecule has 20 heavy (non-hydrogen) atoms. The van der Waals surface area contributed by atoms with E-state index < -0.39 is 0 Å². The summed E-state index contributed by atoms with van der Waals surface area (Å²) in [6.07, 6.45) is 3.16. The number of carbonyl (C=O) groups is 1. The zero-order valence-corrected chi connectivity index (χ0v) is 11.7. The summed E-state index contributed by atoms with van der Waals surface area (Å²) < 4.78 is 5.21. The Labute approximate surface area is 122 Å². The third kappa shape index (κ3) is 3.87. The molecule has 0 aliphatic carbocycles. The number of nitrogens with one attached hydrogen (secondary N) is 1. The van der Waals surface area contributed by atoms with Gasteiger partial charge in [-0.25, -0.2) is 0 Å². The second kappa shape index (κ2) is 6.78. The second-order valence-electron chi connectivity index (χ2n) is 4.07. The highest BCUT2D eigenvalue weighted by Gasteiger charge is 2.00. The summed E-state index contributed by atoms with van der Waals surface area (Å²) >= 11 is 5.85. The fourth-order valence-corrected chi connectivity index (χ4v) is 1.91. The molecule has 0 bridgehead atoms. The van der Waals surface area contributed by atoms with Crippen LogP contribution in [0.1, 0.15) is 5.56 Å².